The molecule has 4 nitrogen and oxygen atoms in total. The minimum absolute atomic E-state index is 0.102. The number of amides is 1. The van der Waals surface area contributed by atoms with Gasteiger partial charge in [0.25, 0.3) is 0 Å². The number of rotatable bonds is 4. The fourth-order valence-corrected chi connectivity index (χ4v) is 4.60. The Bertz CT molecular complexity index is 698. The van der Waals surface area contributed by atoms with Crippen LogP contribution in [0, 0.1) is 0 Å². The molecule has 5 heteroatoms. The fraction of sp³-hybridized carbons (Fsp3) is 0.368. The first kappa shape index (κ1) is 15.5. The van der Waals surface area contributed by atoms with Crippen molar-refractivity contribution in [2.75, 3.05) is 23.7 Å². The number of anilines is 1. The quantitative estimate of drug-likeness (QED) is 0.855. The molecule has 3 heterocycles. The summed E-state index contributed by atoms with van der Waals surface area (Å²) >= 11 is 1.71. The van der Waals surface area contributed by atoms with Crippen molar-refractivity contribution in [2.24, 2.45) is 0 Å². The Morgan fingerprint density at radius 3 is 2.62 bits per heavy atom. The van der Waals surface area contributed by atoms with Crippen molar-refractivity contribution in [1.82, 2.24) is 9.88 Å². The minimum atomic E-state index is 0.102. The molecule has 2 saturated heterocycles. The van der Waals surface area contributed by atoms with Gasteiger partial charge in [0.2, 0.25) is 5.91 Å². The average Bonchev–Trinajstić information content (AvgIpc) is 3.27. The molecule has 24 heavy (non-hydrogen) atoms. The first-order valence-corrected chi connectivity index (χ1v) is 9.51. The highest BCUT2D eigenvalue weighted by Crippen LogP contribution is 2.40. The summed E-state index contributed by atoms with van der Waals surface area (Å²) < 4.78 is 0. The van der Waals surface area contributed by atoms with E-state index < -0.39 is 0 Å². The van der Waals surface area contributed by atoms with E-state index in [1.165, 1.54) is 24.1 Å². The van der Waals surface area contributed by atoms with Crippen LogP contribution in [0.3, 0.4) is 0 Å². The lowest BCUT2D eigenvalue weighted by molar-refractivity contribution is -0.128. The molecule has 2 aliphatic rings. The van der Waals surface area contributed by atoms with Crippen molar-refractivity contribution < 1.29 is 4.79 Å². The van der Waals surface area contributed by atoms with Crippen LogP contribution in [0.25, 0.3) is 0 Å². The summed E-state index contributed by atoms with van der Waals surface area (Å²) in [6, 6.07) is 12.7. The number of hydrogen-bond donors (Lipinski definition) is 0. The second-order valence-corrected chi connectivity index (χ2v) is 7.40. The average molecular weight is 339 g/mol. The van der Waals surface area contributed by atoms with Crippen LogP contribution in [0.4, 0.5) is 5.69 Å². The predicted octanol–water partition coefficient (Wildman–Crippen LogP) is 3.46. The highest BCUT2D eigenvalue weighted by atomic mass is 32.2. The minimum Gasteiger partial charge on any atom is -0.372 e. The van der Waals surface area contributed by atoms with Crippen molar-refractivity contribution in [2.45, 2.75) is 24.8 Å². The Morgan fingerprint density at radius 2 is 1.92 bits per heavy atom. The molecule has 0 N–H and O–H groups in total. The molecule has 2 fully saturated rings. The number of carbonyl (C=O) groups is 1. The molecule has 0 radical (unpaired) electrons. The van der Waals surface area contributed by atoms with Crippen molar-refractivity contribution in [3.63, 3.8) is 0 Å². The maximum Gasteiger partial charge on any atom is 0.234 e. The van der Waals surface area contributed by atoms with Gasteiger partial charge >= 0.3 is 0 Å². The Kier molecular flexibility index (Phi) is 4.43. The van der Waals surface area contributed by atoms with Crippen molar-refractivity contribution in [3.8, 4) is 0 Å². The van der Waals surface area contributed by atoms with Crippen molar-refractivity contribution >= 4 is 23.4 Å². The van der Waals surface area contributed by atoms with Gasteiger partial charge in [-0.1, -0.05) is 18.2 Å². The van der Waals surface area contributed by atoms with Crippen LogP contribution >= 0.6 is 11.8 Å². The molecule has 1 unspecified atom stereocenters. The van der Waals surface area contributed by atoms with Crippen LogP contribution in [-0.4, -0.2) is 34.6 Å². The maximum absolute atomic E-state index is 12.3. The number of aromatic nitrogens is 1. The van der Waals surface area contributed by atoms with Gasteiger partial charge < -0.3 is 9.80 Å². The SMILES string of the molecule is O=C1CSC(c2ccc(N3CCCC3)cc2)N1Cc1cccnc1. The van der Waals surface area contributed by atoms with Gasteiger partial charge in [-0.2, -0.15) is 0 Å². The molecule has 2 aromatic rings. The second-order valence-electron chi connectivity index (χ2n) is 6.33. The first-order chi connectivity index (χ1) is 11.8. The van der Waals surface area contributed by atoms with E-state index in [1.54, 1.807) is 18.0 Å². The molecule has 1 aromatic heterocycles. The summed E-state index contributed by atoms with van der Waals surface area (Å²) in [6.45, 7) is 2.94. The Balaban J connectivity index is 1.52. The standard InChI is InChI=1S/C19H21N3OS/c23-18-14-24-19(22(18)13-15-4-3-9-20-12-15)16-5-7-17(8-6-16)21-10-1-2-11-21/h3-9,12,19H,1-2,10-11,13-14H2. The Morgan fingerprint density at radius 1 is 1.12 bits per heavy atom. The summed E-state index contributed by atoms with van der Waals surface area (Å²) in [5.74, 6) is 0.760. The van der Waals surface area contributed by atoms with E-state index in [9.17, 15) is 4.79 Å². The molecule has 1 aromatic carbocycles. The van der Waals surface area contributed by atoms with Gasteiger partial charge in [-0.15, -0.1) is 11.8 Å². The van der Waals surface area contributed by atoms with E-state index in [-0.39, 0.29) is 11.3 Å². The molecule has 0 spiro atoms. The zero-order valence-electron chi connectivity index (χ0n) is 13.6. The number of benzene rings is 1. The summed E-state index contributed by atoms with van der Waals surface area (Å²) in [7, 11) is 0. The molecular formula is C19H21N3OS. The van der Waals surface area contributed by atoms with E-state index in [0.717, 1.165) is 18.7 Å². The molecule has 4 rings (SSSR count). The number of thioether (sulfide) groups is 1. The molecule has 1 atom stereocenters. The molecular weight excluding hydrogens is 318 g/mol. The lowest BCUT2D eigenvalue weighted by Gasteiger charge is -2.25. The van der Waals surface area contributed by atoms with Gasteiger partial charge in [-0.05, 0) is 42.2 Å². The van der Waals surface area contributed by atoms with Crippen molar-refractivity contribution in [1.29, 1.82) is 0 Å². The van der Waals surface area contributed by atoms with Crippen molar-refractivity contribution in [3.05, 3.63) is 59.9 Å². The fourth-order valence-electron chi connectivity index (χ4n) is 3.41. The molecule has 0 saturated carbocycles. The van der Waals surface area contributed by atoms with Gasteiger partial charge in [-0.25, -0.2) is 0 Å². The normalized spacial score (nSPS) is 20.8. The first-order valence-electron chi connectivity index (χ1n) is 8.46. The summed E-state index contributed by atoms with van der Waals surface area (Å²) in [4.78, 5) is 20.9. The lowest BCUT2D eigenvalue weighted by Crippen LogP contribution is -2.27. The summed E-state index contributed by atoms with van der Waals surface area (Å²) in [5, 5.41) is 0.102. The van der Waals surface area contributed by atoms with Crippen LogP contribution in [0.15, 0.2) is 48.8 Å². The van der Waals surface area contributed by atoms with Crippen LogP contribution in [0.2, 0.25) is 0 Å². The monoisotopic (exact) mass is 339 g/mol. The van der Waals surface area contributed by atoms with Crippen LogP contribution in [-0.2, 0) is 11.3 Å². The highest BCUT2D eigenvalue weighted by molar-refractivity contribution is 8.00. The van der Waals surface area contributed by atoms with E-state index >= 15 is 0 Å². The van der Waals surface area contributed by atoms with Gasteiger partial charge in [0.15, 0.2) is 0 Å². The van der Waals surface area contributed by atoms with Crippen LogP contribution < -0.4 is 4.90 Å². The molecule has 2 aliphatic heterocycles. The Labute approximate surface area is 146 Å². The van der Waals surface area contributed by atoms with E-state index in [4.69, 9.17) is 0 Å². The number of carbonyl (C=O) groups excluding carboxylic acids is 1. The van der Waals surface area contributed by atoms with Gasteiger partial charge in [0, 0.05) is 37.7 Å². The number of hydrogen-bond acceptors (Lipinski definition) is 4. The zero-order valence-corrected chi connectivity index (χ0v) is 14.4. The highest BCUT2D eigenvalue weighted by Gasteiger charge is 2.32. The molecule has 1 amide bonds. The number of pyridine rings is 1. The van der Waals surface area contributed by atoms with Gasteiger partial charge in [0.05, 0.1) is 5.75 Å². The maximum atomic E-state index is 12.3. The summed E-state index contributed by atoms with van der Waals surface area (Å²) in [6.07, 6.45) is 6.17. The topological polar surface area (TPSA) is 36.4 Å². The van der Waals surface area contributed by atoms with E-state index in [2.05, 4.69) is 34.1 Å². The van der Waals surface area contributed by atoms with E-state index in [1.807, 2.05) is 23.2 Å². The lowest BCUT2D eigenvalue weighted by atomic mass is 10.1. The smallest absolute Gasteiger partial charge is 0.234 e. The third-order valence-corrected chi connectivity index (χ3v) is 5.95. The third kappa shape index (κ3) is 3.13. The van der Waals surface area contributed by atoms with Crippen LogP contribution in [0.1, 0.15) is 29.3 Å². The second kappa shape index (κ2) is 6.85. The van der Waals surface area contributed by atoms with Crippen LogP contribution in [0.5, 0.6) is 0 Å². The van der Waals surface area contributed by atoms with Gasteiger partial charge in [-0.3, -0.25) is 9.78 Å². The molecule has 0 bridgehead atoms. The Hall–Kier alpha value is -2.01. The summed E-state index contributed by atoms with van der Waals surface area (Å²) in [5.41, 5.74) is 3.58. The molecule has 124 valence electrons. The molecule has 0 aliphatic carbocycles. The zero-order chi connectivity index (χ0) is 16.4. The largest absolute Gasteiger partial charge is 0.372 e. The predicted molar refractivity (Wildman–Crippen MR) is 97.9 cm³/mol. The van der Waals surface area contributed by atoms with Gasteiger partial charge in [0.1, 0.15) is 5.37 Å². The van der Waals surface area contributed by atoms with E-state index in [0.29, 0.717) is 12.3 Å². The third-order valence-electron chi connectivity index (χ3n) is 4.69. The number of nitrogens with zero attached hydrogens (tertiary/aromatic N) is 3.